The van der Waals surface area contributed by atoms with Crippen molar-refractivity contribution in [3.63, 3.8) is 0 Å². The van der Waals surface area contributed by atoms with Crippen molar-refractivity contribution in [2.75, 3.05) is 39.3 Å². The van der Waals surface area contributed by atoms with Crippen molar-refractivity contribution in [1.82, 2.24) is 20.4 Å². The van der Waals surface area contributed by atoms with Gasteiger partial charge in [0.05, 0.1) is 0 Å². The van der Waals surface area contributed by atoms with Gasteiger partial charge in [0.1, 0.15) is 0 Å². The van der Waals surface area contributed by atoms with Gasteiger partial charge in [0.2, 0.25) is 0 Å². The lowest BCUT2D eigenvalue weighted by Gasteiger charge is -2.30. The summed E-state index contributed by atoms with van der Waals surface area (Å²) in [4.78, 5) is 45.2. The Morgan fingerprint density at radius 1 is 0.360 bits per heavy atom. The third kappa shape index (κ3) is 11.5. The quantitative estimate of drug-likeness (QED) is 0.156. The molecule has 0 saturated carbocycles. The minimum absolute atomic E-state index is 0.408. The Morgan fingerprint density at radius 3 is 0.800 bits per heavy atom. The molecule has 50 heavy (non-hydrogen) atoms. The summed E-state index contributed by atoms with van der Waals surface area (Å²) in [6, 6.07) is 0. The van der Waals surface area contributed by atoms with Crippen molar-refractivity contribution in [1.29, 1.82) is 0 Å². The van der Waals surface area contributed by atoms with E-state index in [0.717, 1.165) is 10.6 Å². The van der Waals surface area contributed by atoms with Gasteiger partial charge >= 0.3 is 60.2 Å². The van der Waals surface area contributed by atoms with Gasteiger partial charge in [0, 0.05) is 39.3 Å². The van der Waals surface area contributed by atoms with Gasteiger partial charge in [0.25, 0.3) is 11.8 Å². The molecule has 0 aromatic carbocycles. The normalized spacial score (nSPS) is 13.9. The molecule has 0 rings (SSSR count). The van der Waals surface area contributed by atoms with Gasteiger partial charge in [0.15, 0.2) is 0 Å². The Balaban J connectivity index is 5.77. The fraction of sp³-hybridized carbons (Fsp3) is 0.818. The molecular formula is C22H22F20N4O4. The average Bonchev–Trinajstić information content (AvgIpc) is 2.93. The molecule has 0 fully saturated rings. The minimum atomic E-state index is -6.59. The number of amides is 4. The molecule has 2 N–H and O–H groups in total. The van der Waals surface area contributed by atoms with Gasteiger partial charge < -0.3 is 20.4 Å². The summed E-state index contributed by atoms with van der Waals surface area (Å²) >= 11 is 0. The highest BCUT2D eigenvalue weighted by Crippen LogP contribution is 2.39. The zero-order chi connectivity index (χ0) is 39.9. The number of carbonyl (C=O) groups is 4. The van der Waals surface area contributed by atoms with E-state index in [4.69, 9.17) is 0 Å². The van der Waals surface area contributed by atoms with Crippen LogP contribution in [0.2, 0.25) is 0 Å². The predicted molar refractivity (Wildman–Crippen MR) is 122 cm³/mol. The van der Waals surface area contributed by atoms with Crippen molar-refractivity contribution in [2.24, 2.45) is 0 Å². The Morgan fingerprint density at radius 2 is 0.580 bits per heavy atom. The van der Waals surface area contributed by atoms with E-state index in [-0.39, 0.29) is 0 Å². The van der Waals surface area contributed by atoms with E-state index in [1.54, 1.807) is 0 Å². The number of nitrogens with zero attached hydrogens (tertiary/aromatic N) is 2. The molecule has 0 saturated heterocycles. The first-order valence-electron chi connectivity index (χ1n) is 13.0. The number of alkyl halides is 20. The minimum Gasteiger partial charge on any atom is -0.350 e. The largest absolute Gasteiger partial charge is 0.463 e. The molecule has 0 radical (unpaired) electrons. The molecule has 0 atom stereocenters. The first-order valence-corrected chi connectivity index (χ1v) is 13.0. The second kappa shape index (κ2) is 16.2. The van der Waals surface area contributed by atoms with Crippen molar-refractivity contribution >= 4 is 23.6 Å². The summed E-state index contributed by atoms with van der Waals surface area (Å²) in [5, 5.41) is 1.95. The summed E-state index contributed by atoms with van der Waals surface area (Å²) in [5.74, 6) is -36.5. The van der Waals surface area contributed by atoms with E-state index in [2.05, 4.69) is 0 Å². The van der Waals surface area contributed by atoms with Crippen LogP contribution in [0.1, 0.15) is 25.7 Å². The third-order valence-electron chi connectivity index (χ3n) is 5.99. The molecule has 294 valence electrons. The van der Waals surface area contributed by atoms with Crippen LogP contribution in [0.25, 0.3) is 0 Å². The summed E-state index contributed by atoms with van der Waals surface area (Å²) in [5.41, 5.74) is 0. The molecule has 0 aliphatic heterocycles. The second-order valence-electron chi connectivity index (χ2n) is 9.80. The van der Waals surface area contributed by atoms with Crippen molar-refractivity contribution < 1.29 is 107 Å². The van der Waals surface area contributed by atoms with Crippen LogP contribution in [-0.2, 0) is 19.2 Å². The Bertz CT molecular complexity index is 1090. The summed E-state index contributed by atoms with van der Waals surface area (Å²) in [6.07, 6.45) is -30.1. The zero-order valence-corrected chi connectivity index (χ0v) is 24.2. The molecule has 4 amide bonds. The van der Waals surface area contributed by atoms with Crippen LogP contribution in [0.3, 0.4) is 0 Å². The van der Waals surface area contributed by atoms with E-state index in [9.17, 15) is 107 Å². The standard InChI is InChI=1S/C22H22F20N4O4/c23-15(24,19(31,32)33)11(47)43-5-3-9-45(13(49)17(27,28)21(37,38)39)7-1-2-8-46(14(50)18(29,30)22(40,41)42)10-4-6-44-12(48)16(25,26)20(34,35)36/h1-10H2,(H,43,47)(H,44,48). The molecule has 28 heteroatoms. The molecule has 0 aliphatic carbocycles. The molecule has 0 aliphatic rings. The summed E-state index contributed by atoms with van der Waals surface area (Å²) in [7, 11) is 0. The SMILES string of the molecule is O=C(NCCCN(CCCCN(CCCNC(=O)C(F)(F)C(F)(F)F)C(=O)C(F)(F)C(F)(F)F)C(=O)C(F)(F)C(F)(F)F)C(F)(F)C(F)(F)F. The Hall–Kier alpha value is -3.52. The highest BCUT2D eigenvalue weighted by Gasteiger charge is 2.66. The van der Waals surface area contributed by atoms with Crippen LogP contribution in [0, 0.1) is 0 Å². The van der Waals surface area contributed by atoms with E-state index in [1.165, 1.54) is 0 Å². The van der Waals surface area contributed by atoms with Crippen LogP contribution < -0.4 is 10.6 Å². The van der Waals surface area contributed by atoms with Crippen LogP contribution in [0.4, 0.5) is 87.8 Å². The molecular weight excluding hydrogens is 764 g/mol. The first-order chi connectivity index (χ1) is 22.1. The topological polar surface area (TPSA) is 98.8 Å². The number of nitrogens with one attached hydrogen (secondary N) is 2. The van der Waals surface area contributed by atoms with Gasteiger partial charge in [-0.2, -0.15) is 87.8 Å². The number of hydrogen-bond donors (Lipinski definition) is 2. The molecule has 0 aromatic rings. The lowest BCUT2D eigenvalue weighted by Crippen LogP contribution is -2.54. The molecule has 0 bridgehead atoms. The monoisotopic (exact) mass is 786 g/mol. The molecule has 0 spiro atoms. The van der Waals surface area contributed by atoms with Crippen molar-refractivity contribution in [3.8, 4) is 0 Å². The fourth-order valence-corrected chi connectivity index (χ4v) is 3.30. The number of unbranched alkanes of at least 4 members (excludes halogenated alkanes) is 1. The number of hydrogen-bond acceptors (Lipinski definition) is 4. The van der Waals surface area contributed by atoms with Gasteiger partial charge in [-0.1, -0.05) is 0 Å². The lowest BCUT2D eigenvalue weighted by molar-refractivity contribution is -0.275. The Kier molecular flexibility index (Phi) is 15.1. The lowest BCUT2D eigenvalue weighted by atomic mass is 10.2. The first kappa shape index (κ1) is 46.5. The van der Waals surface area contributed by atoms with E-state index in [0.29, 0.717) is 0 Å². The maximum atomic E-state index is 13.7. The van der Waals surface area contributed by atoms with Gasteiger partial charge in [-0.25, -0.2) is 0 Å². The van der Waals surface area contributed by atoms with Crippen molar-refractivity contribution in [3.05, 3.63) is 0 Å². The smallest absolute Gasteiger partial charge is 0.350 e. The molecule has 8 nitrogen and oxygen atoms in total. The molecule has 0 aromatic heterocycles. The van der Waals surface area contributed by atoms with Crippen LogP contribution in [0.15, 0.2) is 0 Å². The zero-order valence-electron chi connectivity index (χ0n) is 24.2. The highest BCUT2D eigenvalue weighted by atomic mass is 19.4. The number of halogens is 20. The van der Waals surface area contributed by atoms with Crippen LogP contribution in [-0.4, -0.2) is 121 Å². The van der Waals surface area contributed by atoms with E-state index >= 15 is 0 Å². The van der Waals surface area contributed by atoms with Crippen LogP contribution >= 0.6 is 0 Å². The Labute approximate surface area is 265 Å². The van der Waals surface area contributed by atoms with Gasteiger partial charge in [-0.05, 0) is 25.7 Å². The highest BCUT2D eigenvalue weighted by molar-refractivity contribution is 5.86. The molecule has 0 heterocycles. The molecule has 0 unspecified atom stereocenters. The maximum Gasteiger partial charge on any atom is 0.463 e. The van der Waals surface area contributed by atoms with E-state index in [1.807, 2.05) is 0 Å². The summed E-state index contributed by atoms with van der Waals surface area (Å²) < 4.78 is 256. The fourth-order valence-electron chi connectivity index (χ4n) is 3.30. The van der Waals surface area contributed by atoms with E-state index < -0.39 is 147 Å². The average molecular weight is 786 g/mol. The third-order valence-corrected chi connectivity index (χ3v) is 5.99. The number of carbonyl (C=O) groups excluding carboxylic acids is 4. The number of rotatable bonds is 17. The summed E-state index contributed by atoms with van der Waals surface area (Å²) in [6.45, 7) is -7.97. The predicted octanol–water partition coefficient (Wildman–Crippen LogP) is 5.23. The second-order valence-corrected chi connectivity index (χ2v) is 9.80. The van der Waals surface area contributed by atoms with Gasteiger partial charge in [-0.3, -0.25) is 19.2 Å². The maximum absolute atomic E-state index is 13.7. The van der Waals surface area contributed by atoms with Crippen molar-refractivity contribution in [2.45, 2.75) is 74.1 Å². The van der Waals surface area contributed by atoms with Crippen LogP contribution in [0.5, 0.6) is 0 Å². The van der Waals surface area contributed by atoms with Gasteiger partial charge in [-0.15, -0.1) is 0 Å².